The smallest absolute Gasteiger partial charge is 0.356 e. The number of rotatable bonds is 2. The fourth-order valence-electron chi connectivity index (χ4n) is 2.58. The van der Waals surface area contributed by atoms with Crippen LogP contribution in [0.1, 0.15) is 22.6 Å². The molecule has 0 spiro atoms. The topological polar surface area (TPSA) is 101 Å². The van der Waals surface area contributed by atoms with Gasteiger partial charge in [0, 0.05) is 24.6 Å². The zero-order chi connectivity index (χ0) is 14.3. The number of aromatic carboxylic acids is 1. The van der Waals surface area contributed by atoms with Gasteiger partial charge in [0.05, 0.1) is 5.69 Å². The molecule has 3 rings (SSSR count). The second-order valence-corrected chi connectivity index (χ2v) is 4.99. The second kappa shape index (κ2) is 4.64. The molecular formula is C14H15N3O3. The number of aromatic hydroxyl groups is 1. The molecule has 20 heavy (non-hydrogen) atoms. The highest BCUT2D eigenvalue weighted by Gasteiger charge is 2.27. The van der Waals surface area contributed by atoms with E-state index < -0.39 is 5.97 Å². The summed E-state index contributed by atoms with van der Waals surface area (Å²) in [6, 6.07) is 6.55. The lowest BCUT2D eigenvalue weighted by Crippen LogP contribution is -2.31. The molecule has 104 valence electrons. The minimum Gasteiger partial charge on any atom is -0.508 e. The molecule has 4 N–H and O–H groups in total. The van der Waals surface area contributed by atoms with Crippen LogP contribution in [0.25, 0.3) is 11.4 Å². The Morgan fingerprint density at radius 2 is 2.05 bits per heavy atom. The van der Waals surface area contributed by atoms with Crippen LogP contribution in [0.15, 0.2) is 24.3 Å². The van der Waals surface area contributed by atoms with E-state index >= 15 is 0 Å². The van der Waals surface area contributed by atoms with E-state index in [9.17, 15) is 15.0 Å². The predicted octanol–water partition coefficient (Wildman–Crippen LogP) is 1.23. The molecule has 0 amide bonds. The van der Waals surface area contributed by atoms with Crippen molar-refractivity contribution in [3.05, 3.63) is 35.7 Å². The van der Waals surface area contributed by atoms with Gasteiger partial charge in [-0.2, -0.15) is 0 Å². The maximum atomic E-state index is 11.3. The number of hydrogen-bond acceptors (Lipinski definition) is 4. The summed E-state index contributed by atoms with van der Waals surface area (Å²) in [6.07, 6.45) is 1.32. The van der Waals surface area contributed by atoms with E-state index in [1.807, 2.05) is 4.57 Å². The highest BCUT2D eigenvalue weighted by Crippen LogP contribution is 2.28. The zero-order valence-electron chi connectivity index (χ0n) is 10.8. The van der Waals surface area contributed by atoms with E-state index in [1.165, 1.54) is 0 Å². The van der Waals surface area contributed by atoms with Gasteiger partial charge in [-0.25, -0.2) is 9.78 Å². The minimum atomic E-state index is -1.03. The average molecular weight is 273 g/mol. The number of fused-ring (bicyclic) bond motifs is 1. The van der Waals surface area contributed by atoms with Crippen molar-refractivity contribution in [2.75, 3.05) is 0 Å². The maximum absolute atomic E-state index is 11.3. The standard InChI is InChI=1S/C14H15N3O3/c15-9-5-6-17-11(7-9)12(14(19)20)16-13(17)8-1-3-10(18)4-2-8/h1-4,9,18H,5-7,15H2,(H,19,20). The number of carboxylic acid groups (broad SMARTS) is 1. The Morgan fingerprint density at radius 1 is 1.35 bits per heavy atom. The van der Waals surface area contributed by atoms with E-state index in [2.05, 4.69) is 4.98 Å². The number of aromatic nitrogens is 2. The summed E-state index contributed by atoms with van der Waals surface area (Å²) in [4.78, 5) is 15.6. The number of nitrogens with zero attached hydrogens (tertiary/aromatic N) is 2. The SMILES string of the molecule is NC1CCn2c(-c3ccc(O)cc3)nc(C(=O)O)c2C1. The Morgan fingerprint density at radius 3 is 2.70 bits per heavy atom. The molecule has 6 heteroatoms. The third-order valence-electron chi connectivity index (χ3n) is 3.58. The monoisotopic (exact) mass is 273 g/mol. The third kappa shape index (κ3) is 2.04. The van der Waals surface area contributed by atoms with Crippen molar-refractivity contribution >= 4 is 5.97 Å². The van der Waals surface area contributed by atoms with E-state index in [4.69, 9.17) is 5.73 Å². The molecule has 0 bridgehead atoms. The Balaban J connectivity index is 2.14. The van der Waals surface area contributed by atoms with Gasteiger partial charge in [-0.15, -0.1) is 0 Å². The summed E-state index contributed by atoms with van der Waals surface area (Å²) in [5, 5.41) is 18.6. The normalized spacial score (nSPS) is 17.8. The van der Waals surface area contributed by atoms with Gasteiger partial charge in [-0.05, 0) is 30.7 Å². The van der Waals surface area contributed by atoms with Crippen LogP contribution in [0.4, 0.5) is 0 Å². The van der Waals surface area contributed by atoms with Crippen LogP contribution in [0.3, 0.4) is 0 Å². The van der Waals surface area contributed by atoms with Gasteiger partial charge in [0.25, 0.3) is 0 Å². The van der Waals surface area contributed by atoms with Crippen LogP contribution in [-0.2, 0) is 13.0 Å². The van der Waals surface area contributed by atoms with Gasteiger partial charge in [-0.1, -0.05) is 0 Å². The van der Waals surface area contributed by atoms with Gasteiger partial charge in [0.15, 0.2) is 5.69 Å². The molecule has 0 radical (unpaired) electrons. The van der Waals surface area contributed by atoms with Crippen LogP contribution in [0.5, 0.6) is 5.75 Å². The first-order valence-corrected chi connectivity index (χ1v) is 6.44. The minimum absolute atomic E-state index is 0.0232. The molecule has 0 aliphatic carbocycles. The van der Waals surface area contributed by atoms with Crippen molar-refractivity contribution in [2.45, 2.75) is 25.4 Å². The fraction of sp³-hybridized carbons (Fsp3) is 0.286. The lowest BCUT2D eigenvalue weighted by atomic mass is 10.0. The number of hydrogen-bond donors (Lipinski definition) is 3. The highest BCUT2D eigenvalue weighted by atomic mass is 16.4. The molecule has 2 heterocycles. The summed E-state index contributed by atoms with van der Waals surface area (Å²) in [7, 11) is 0. The summed E-state index contributed by atoms with van der Waals surface area (Å²) >= 11 is 0. The van der Waals surface area contributed by atoms with Gasteiger partial charge in [0.2, 0.25) is 0 Å². The third-order valence-corrected chi connectivity index (χ3v) is 3.58. The van der Waals surface area contributed by atoms with Crippen molar-refractivity contribution in [1.29, 1.82) is 0 Å². The van der Waals surface area contributed by atoms with E-state index in [-0.39, 0.29) is 17.5 Å². The lowest BCUT2D eigenvalue weighted by molar-refractivity contribution is 0.0689. The lowest BCUT2D eigenvalue weighted by Gasteiger charge is -2.22. The second-order valence-electron chi connectivity index (χ2n) is 4.99. The molecule has 1 aromatic heterocycles. The number of phenolic OH excluding ortho intramolecular Hbond substituents is 1. The fourth-order valence-corrected chi connectivity index (χ4v) is 2.58. The van der Waals surface area contributed by atoms with Crippen molar-refractivity contribution in [1.82, 2.24) is 9.55 Å². The van der Waals surface area contributed by atoms with Gasteiger partial charge >= 0.3 is 5.97 Å². The Kier molecular flexibility index (Phi) is 2.94. The molecular weight excluding hydrogens is 258 g/mol. The number of carboxylic acids is 1. The summed E-state index contributed by atoms with van der Waals surface area (Å²) in [5.41, 5.74) is 7.46. The Labute approximate surface area is 115 Å². The molecule has 6 nitrogen and oxygen atoms in total. The molecule has 0 saturated carbocycles. The van der Waals surface area contributed by atoms with Gasteiger partial charge in [-0.3, -0.25) is 0 Å². The first kappa shape index (κ1) is 12.7. The predicted molar refractivity (Wildman–Crippen MR) is 72.6 cm³/mol. The van der Waals surface area contributed by atoms with Gasteiger partial charge in [0.1, 0.15) is 11.6 Å². The highest BCUT2D eigenvalue weighted by molar-refractivity contribution is 5.88. The summed E-state index contributed by atoms with van der Waals surface area (Å²) in [5.74, 6) is -0.253. The van der Waals surface area contributed by atoms with E-state index in [0.717, 1.165) is 12.0 Å². The molecule has 1 aliphatic rings. The average Bonchev–Trinajstić information content (AvgIpc) is 2.78. The number of nitrogens with two attached hydrogens (primary N) is 1. The maximum Gasteiger partial charge on any atom is 0.356 e. The van der Waals surface area contributed by atoms with Gasteiger partial charge < -0.3 is 20.5 Å². The summed E-state index contributed by atoms with van der Waals surface area (Å²) < 4.78 is 1.92. The quantitative estimate of drug-likeness (QED) is 0.763. The largest absolute Gasteiger partial charge is 0.508 e. The van der Waals surface area contributed by atoms with Crippen molar-refractivity contribution < 1.29 is 15.0 Å². The molecule has 0 saturated heterocycles. The number of imidazole rings is 1. The zero-order valence-corrected chi connectivity index (χ0v) is 10.8. The van der Waals surface area contributed by atoms with Crippen molar-refractivity contribution in [2.24, 2.45) is 5.73 Å². The van der Waals surface area contributed by atoms with Crippen LogP contribution in [0.2, 0.25) is 0 Å². The number of benzene rings is 1. The molecule has 1 aromatic carbocycles. The molecule has 1 aliphatic heterocycles. The first-order chi connectivity index (χ1) is 9.56. The number of phenols is 1. The Bertz CT molecular complexity index is 661. The molecule has 2 aromatic rings. The summed E-state index contributed by atoms with van der Waals surface area (Å²) in [6.45, 7) is 0.660. The van der Waals surface area contributed by atoms with Crippen LogP contribution >= 0.6 is 0 Å². The van der Waals surface area contributed by atoms with Crippen LogP contribution < -0.4 is 5.73 Å². The van der Waals surface area contributed by atoms with Crippen molar-refractivity contribution in [3.8, 4) is 17.1 Å². The Hall–Kier alpha value is -2.34. The van der Waals surface area contributed by atoms with E-state index in [0.29, 0.717) is 24.5 Å². The number of carbonyl (C=O) groups is 1. The van der Waals surface area contributed by atoms with Crippen molar-refractivity contribution in [3.63, 3.8) is 0 Å². The molecule has 0 fully saturated rings. The molecule has 1 atom stereocenters. The van der Waals surface area contributed by atoms with E-state index in [1.54, 1.807) is 24.3 Å². The van der Waals surface area contributed by atoms with Crippen LogP contribution in [-0.4, -0.2) is 31.8 Å². The first-order valence-electron chi connectivity index (χ1n) is 6.44. The molecule has 1 unspecified atom stereocenters. The van der Waals surface area contributed by atoms with Crippen LogP contribution in [0, 0.1) is 0 Å².